The maximum atomic E-state index is 14.6. The van der Waals surface area contributed by atoms with E-state index in [0.717, 1.165) is 17.8 Å². The molecule has 4 bridgehead atoms. The number of halogens is 4. The van der Waals surface area contributed by atoms with Crippen LogP contribution in [0.1, 0.15) is 74.6 Å². The number of H-pyrrole nitrogens is 1. The Balaban J connectivity index is 1.09. The zero-order chi connectivity index (χ0) is 46.0. The van der Waals surface area contributed by atoms with Crippen LogP contribution < -0.4 is 30.2 Å². The Kier molecular flexibility index (Phi) is 10.9. The van der Waals surface area contributed by atoms with E-state index in [1.165, 1.54) is 12.1 Å². The molecule has 0 radical (unpaired) electrons. The molecule has 21 heteroatoms. The van der Waals surface area contributed by atoms with Crippen LogP contribution >= 0.6 is 15.9 Å². The van der Waals surface area contributed by atoms with E-state index in [1.54, 1.807) is 38.1 Å². The van der Waals surface area contributed by atoms with Crippen molar-refractivity contribution >= 4 is 66.3 Å². The van der Waals surface area contributed by atoms with Crippen LogP contribution in [0.5, 0.6) is 11.5 Å². The zero-order valence-corrected chi connectivity index (χ0v) is 36.4. The van der Waals surface area contributed by atoms with Crippen molar-refractivity contribution in [2.75, 3.05) is 11.9 Å². The summed E-state index contributed by atoms with van der Waals surface area (Å²) in [5, 5.41) is 11.7. The minimum Gasteiger partial charge on any atom is -0.469 e. The molecule has 6 aromatic rings. The molecule has 5 heterocycles. The number of para-hydroxylation sites is 2. The molecule has 65 heavy (non-hydrogen) atoms. The first-order valence-electron chi connectivity index (χ1n) is 20.0. The first kappa shape index (κ1) is 43.4. The van der Waals surface area contributed by atoms with E-state index in [2.05, 4.69) is 46.4 Å². The summed E-state index contributed by atoms with van der Waals surface area (Å²) >= 11 is 3.63. The predicted octanol–water partition coefficient (Wildman–Crippen LogP) is 6.90. The van der Waals surface area contributed by atoms with E-state index < -0.39 is 81.3 Å². The molecule has 5 N–H and O–H groups in total. The van der Waals surface area contributed by atoms with Crippen molar-refractivity contribution in [3.63, 3.8) is 0 Å². The molecular formula is C44H36BrF3N6O10S. The maximum Gasteiger partial charge on any atom is 0.534 e. The molecule has 4 atom stereocenters. The van der Waals surface area contributed by atoms with Gasteiger partial charge in [-0.05, 0) is 51.2 Å². The number of hydrogen-bond donors (Lipinski definition) is 5. The Morgan fingerprint density at radius 3 is 2.52 bits per heavy atom. The first-order chi connectivity index (χ1) is 31.0. The van der Waals surface area contributed by atoms with Gasteiger partial charge in [-0.1, -0.05) is 80.6 Å². The Bertz CT molecular complexity index is 3030. The summed E-state index contributed by atoms with van der Waals surface area (Å²) < 4.78 is 86.8. The Morgan fingerprint density at radius 2 is 1.77 bits per heavy atom. The molecular weight excluding hydrogens is 941 g/mol. The number of Topliss-reactive ketones (excluding diaryl/α,β-unsaturated/α-hetero) is 1. The van der Waals surface area contributed by atoms with Gasteiger partial charge in [-0.2, -0.15) is 21.6 Å². The van der Waals surface area contributed by atoms with Crippen LogP contribution in [0, 0.1) is 5.92 Å². The highest BCUT2D eigenvalue weighted by molar-refractivity contribution is 9.10. The predicted molar refractivity (Wildman–Crippen MR) is 229 cm³/mol. The second-order valence-electron chi connectivity index (χ2n) is 15.8. The summed E-state index contributed by atoms with van der Waals surface area (Å²) in [6.07, 6.45) is -0.562. The lowest BCUT2D eigenvalue weighted by atomic mass is 9.72. The molecule has 4 aromatic carbocycles. The molecule has 16 nitrogen and oxygen atoms in total. The van der Waals surface area contributed by atoms with Gasteiger partial charge in [0.15, 0.2) is 29.2 Å². The number of aromatic amines is 1. The van der Waals surface area contributed by atoms with Gasteiger partial charge in [0.2, 0.25) is 11.8 Å². The summed E-state index contributed by atoms with van der Waals surface area (Å²) in [6.45, 7) is 2.90. The molecule has 0 aliphatic carbocycles. The van der Waals surface area contributed by atoms with E-state index in [0.29, 0.717) is 32.6 Å². The lowest BCUT2D eigenvalue weighted by Crippen LogP contribution is -2.49. The van der Waals surface area contributed by atoms with Gasteiger partial charge < -0.3 is 44.3 Å². The zero-order valence-electron chi connectivity index (χ0n) is 34.0. The quantitative estimate of drug-likeness (QED) is 0.0538. The average molecular weight is 978 g/mol. The van der Waals surface area contributed by atoms with Gasteiger partial charge in [0, 0.05) is 39.2 Å². The van der Waals surface area contributed by atoms with Crippen LogP contribution in [-0.2, 0) is 38.1 Å². The number of alkyl carbamates (subject to hydrolysis) is 1. The fourth-order valence-electron chi connectivity index (χ4n) is 8.33. The van der Waals surface area contributed by atoms with Crippen molar-refractivity contribution in [1.82, 2.24) is 25.9 Å². The lowest BCUT2D eigenvalue weighted by molar-refractivity contribution is -0.124. The Labute approximate surface area is 375 Å². The van der Waals surface area contributed by atoms with Gasteiger partial charge in [0.1, 0.15) is 29.9 Å². The molecule has 3 aliphatic heterocycles. The van der Waals surface area contributed by atoms with Gasteiger partial charge in [-0.3, -0.25) is 14.4 Å². The number of hydrogen-bond acceptors (Lipinski definition) is 12. The number of aromatic nitrogens is 2. The van der Waals surface area contributed by atoms with Gasteiger partial charge in [-0.25, -0.2) is 9.78 Å². The normalized spacial score (nSPS) is 19.7. The number of anilines is 1. The maximum absolute atomic E-state index is 14.6. The highest BCUT2D eigenvalue weighted by atomic mass is 79.9. The van der Waals surface area contributed by atoms with E-state index in [-0.39, 0.29) is 46.8 Å². The number of carbonyl (C=O) groups is 4. The van der Waals surface area contributed by atoms with Crippen LogP contribution in [0.15, 0.2) is 100 Å². The first-order valence-corrected chi connectivity index (χ1v) is 22.2. The molecule has 336 valence electrons. The number of oxazole rings is 1. The Morgan fingerprint density at radius 1 is 1.00 bits per heavy atom. The number of benzene rings is 4. The van der Waals surface area contributed by atoms with Crippen LogP contribution in [0.4, 0.5) is 23.7 Å². The van der Waals surface area contributed by atoms with Crippen molar-refractivity contribution < 1.29 is 58.8 Å². The monoisotopic (exact) mass is 976 g/mol. The number of carbonyl (C=O) groups excluding carboxylic acids is 4. The molecule has 2 aromatic heterocycles. The molecule has 3 aliphatic rings. The highest BCUT2D eigenvalue weighted by Gasteiger charge is 2.61. The van der Waals surface area contributed by atoms with Crippen molar-refractivity contribution in [3.05, 3.63) is 141 Å². The van der Waals surface area contributed by atoms with Crippen molar-refractivity contribution in [2.24, 2.45) is 5.92 Å². The number of nitrogens with zero attached hydrogens (tertiary/aromatic N) is 1. The van der Waals surface area contributed by atoms with Gasteiger partial charge >= 0.3 is 21.7 Å². The number of amides is 3. The average Bonchev–Trinajstić information content (AvgIpc) is 4.04. The van der Waals surface area contributed by atoms with Crippen LogP contribution in [0.2, 0.25) is 0 Å². The largest absolute Gasteiger partial charge is 0.534 e. The minimum absolute atomic E-state index is 0.0192. The van der Waals surface area contributed by atoms with Gasteiger partial charge in [0.05, 0.1) is 17.7 Å². The summed E-state index contributed by atoms with van der Waals surface area (Å²) in [4.78, 5) is 63.1. The molecule has 0 saturated carbocycles. The molecule has 1 spiro atoms. The molecule has 0 saturated heterocycles. The fourth-order valence-corrected chi connectivity index (χ4v) is 9.28. The van der Waals surface area contributed by atoms with Crippen LogP contribution in [0.25, 0.3) is 10.9 Å². The number of nitrogens with one attached hydrogen (secondary N) is 5. The second kappa shape index (κ2) is 16.3. The highest BCUT2D eigenvalue weighted by Crippen LogP contribution is 2.59. The second-order valence-corrected chi connectivity index (χ2v) is 18.2. The number of ketones is 1. The minimum atomic E-state index is -6.04. The van der Waals surface area contributed by atoms with E-state index in [4.69, 9.17) is 18.9 Å². The van der Waals surface area contributed by atoms with Crippen molar-refractivity contribution in [2.45, 2.75) is 56.1 Å². The molecule has 9 rings (SSSR count). The fraction of sp³-hybridized carbons (Fsp3) is 0.250. The van der Waals surface area contributed by atoms with Crippen LogP contribution in [0.3, 0.4) is 0 Å². The third kappa shape index (κ3) is 7.60. The van der Waals surface area contributed by atoms with Crippen LogP contribution in [-0.4, -0.2) is 66.4 Å². The number of rotatable bonds is 10. The molecule has 2 unspecified atom stereocenters. The summed E-state index contributed by atoms with van der Waals surface area (Å²) in [5.74, 6) is -2.88. The third-order valence-electron chi connectivity index (χ3n) is 11.4. The van der Waals surface area contributed by atoms with Crippen molar-refractivity contribution in [3.8, 4) is 11.5 Å². The number of alkyl halides is 3. The smallest absolute Gasteiger partial charge is 0.469 e. The van der Waals surface area contributed by atoms with Crippen molar-refractivity contribution in [1.29, 1.82) is 0 Å². The SMILES string of the molecule is CC(C)[C@@H]1NC(=O)[C@@H](NC(=O)OCc2ccccc2)Cc2ccc3c(c2)C2(c4cccc(Br)c4NC2O3)c2oc1nc2C(=O)NCC(=O)c1c[nH]c2c(OS(=O)(=O)C(F)(F)F)cccc12. The summed E-state index contributed by atoms with van der Waals surface area (Å²) in [7, 11) is -6.04. The lowest BCUT2D eigenvalue weighted by Gasteiger charge is -2.28. The number of ether oxygens (including phenoxy) is 2. The van der Waals surface area contributed by atoms with E-state index in [1.807, 2.05) is 42.5 Å². The van der Waals surface area contributed by atoms with E-state index >= 15 is 0 Å². The third-order valence-corrected chi connectivity index (χ3v) is 13.0. The van der Waals surface area contributed by atoms with Gasteiger partial charge in [0.25, 0.3) is 5.91 Å². The van der Waals surface area contributed by atoms with Gasteiger partial charge in [-0.15, -0.1) is 0 Å². The van der Waals surface area contributed by atoms with E-state index in [9.17, 15) is 40.8 Å². The molecule has 0 fully saturated rings. The topological polar surface area (TPSA) is 220 Å². The summed E-state index contributed by atoms with van der Waals surface area (Å²) in [6, 6.07) is 21.3. The standard InChI is InChI=1S/C44H36BrF3N6O10S/c1-21(2)33-40-53-36(39(57)50-19-30(55)25-18-49-34-24(25)10-6-13-32(34)64-65(59,60)44(46,47)48)37(63-40)43-26-11-7-12-28(45)35(26)54-41(43)62-31-15-14-23(16-27(31)43)17-29(38(56)52-33)51-42(58)61-20-22-8-4-3-5-9-22/h3-16,18,21,29,33,41,49,54H,17,19-20H2,1-2H3,(H,50,57)(H,51,58)(H,52,56)/t29-,33-,41?,43?/m0/s1. The summed E-state index contributed by atoms with van der Waals surface area (Å²) in [5.41, 5.74) is -4.47. The number of fused-ring (bicyclic) bond motifs is 5. The Hall–Kier alpha value is -6.87. The molecule has 3 amide bonds.